The summed E-state index contributed by atoms with van der Waals surface area (Å²) in [6.45, 7) is 1.62. The molecule has 0 bridgehead atoms. The largest absolute Gasteiger partial charge is 0.374 e. The van der Waals surface area contributed by atoms with E-state index in [1.54, 1.807) is 0 Å². The molecule has 1 aromatic heterocycles. The Morgan fingerprint density at radius 2 is 2.00 bits per heavy atom. The van der Waals surface area contributed by atoms with Crippen LogP contribution in [0.3, 0.4) is 0 Å². The van der Waals surface area contributed by atoms with Crippen molar-refractivity contribution in [2.24, 2.45) is 5.73 Å². The number of benzene rings is 1. The topological polar surface area (TPSA) is 29.3 Å². The van der Waals surface area contributed by atoms with Gasteiger partial charge in [-0.2, -0.15) is 0 Å². The number of anilines is 1. The zero-order valence-corrected chi connectivity index (χ0v) is 10.9. The monoisotopic (exact) mass is 246 g/mol. The van der Waals surface area contributed by atoms with E-state index in [2.05, 4.69) is 47.7 Å². The van der Waals surface area contributed by atoms with E-state index in [1.807, 2.05) is 17.4 Å². The van der Waals surface area contributed by atoms with E-state index in [0.717, 1.165) is 13.0 Å². The molecule has 0 saturated heterocycles. The highest BCUT2D eigenvalue weighted by Crippen LogP contribution is 2.19. The van der Waals surface area contributed by atoms with Gasteiger partial charge in [-0.3, -0.25) is 0 Å². The van der Waals surface area contributed by atoms with Gasteiger partial charge in [-0.25, -0.2) is 0 Å². The van der Waals surface area contributed by atoms with E-state index in [9.17, 15) is 0 Å². The van der Waals surface area contributed by atoms with Crippen molar-refractivity contribution >= 4 is 17.0 Å². The first-order valence-corrected chi connectivity index (χ1v) is 6.70. The number of thiophene rings is 1. The molecule has 0 amide bonds. The molecule has 2 aromatic rings. The minimum atomic E-state index is 0.597. The molecule has 1 heterocycles. The lowest BCUT2D eigenvalue weighted by molar-refractivity contribution is 0.875. The lowest BCUT2D eigenvalue weighted by atomic mass is 10.1. The average Bonchev–Trinajstić information content (AvgIpc) is 2.89. The summed E-state index contributed by atoms with van der Waals surface area (Å²) in [7, 11) is 2.13. The highest BCUT2D eigenvalue weighted by atomic mass is 32.1. The first kappa shape index (κ1) is 12.1. The predicted molar refractivity (Wildman–Crippen MR) is 75.6 cm³/mol. The molecule has 0 atom stereocenters. The van der Waals surface area contributed by atoms with Crippen molar-refractivity contribution in [3.05, 3.63) is 52.2 Å². The number of para-hydroxylation sites is 1. The molecule has 1 aromatic carbocycles. The summed E-state index contributed by atoms with van der Waals surface area (Å²) >= 11 is 1.82. The minimum absolute atomic E-state index is 0.597. The molecule has 2 rings (SSSR count). The Morgan fingerprint density at radius 3 is 2.71 bits per heavy atom. The second-order valence-corrected chi connectivity index (χ2v) is 5.12. The van der Waals surface area contributed by atoms with Crippen LogP contribution in [0.5, 0.6) is 0 Å². The summed E-state index contributed by atoms with van der Waals surface area (Å²) in [6.07, 6.45) is 1.09. The predicted octanol–water partition coefficient (Wildman–Crippen LogP) is 2.89. The van der Waals surface area contributed by atoms with Crippen LogP contribution in [-0.4, -0.2) is 13.6 Å². The van der Waals surface area contributed by atoms with E-state index in [4.69, 9.17) is 5.73 Å². The highest BCUT2D eigenvalue weighted by Gasteiger charge is 2.05. The van der Waals surface area contributed by atoms with Crippen LogP contribution in [0.25, 0.3) is 0 Å². The number of rotatable bonds is 5. The summed E-state index contributed by atoms with van der Waals surface area (Å²) in [5, 5.41) is 2.13. The molecule has 2 nitrogen and oxygen atoms in total. The smallest absolute Gasteiger partial charge is 0.0409 e. The Kier molecular flexibility index (Phi) is 4.18. The van der Waals surface area contributed by atoms with Gasteiger partial charge in [0.1, 0.15) is 0 Å². The van der Waals surface area contributed by atoms with Gasteiger partial charge in [0.15, 0.2) is 0 Å². The Labute approximate surface area is 107 Å². The zero-order valence-electron chi connectivity index (χ0n) is 10.1. The van der Waals surface area contributed by atoms with Gasteiger partial charge in [-0.05, 0) is 29.5 Å². The van der Waals surface area contributed by atoms with E-state index < -0.39 is 0 Å². The number of hydrogen-bond donors (Lipinski definition) is 1. The molecule has 0 aliphatic heterocycles. The van der Waals surface area contributed by atoms with E-state index in [-0.39, 0.29) is 0 Å². The Balaban J connectivity index is 2.01. The molecule has 3 heteroatoms. The van der Waals surface area contributed by atoms with Crippen LogP contribution < -0.4 is 10.6 Å². The van der Waals surface area contributed by atoms with Gasteiger partial charge in [0.25, 0.3) is 0 Å². The van der Waals surface area contributed by atoms with Crippen LogP contribution in [0.1, 0.15) is 10.4 Å². The van der Waals surface area contributed by atoms with Gasteiger partial charge < -0.3 is 10.6 Å². The fourth-order valence-corrected chi connectivity index (χ4v) is 2.61. The van der Waals surface area contributed by atoms with E-state index >= 15 is 0 Å². The molecule has 0 unspecified atom stereocenters. The molecule has 0 aliphatic carbocycles. The third-order valence-corrected chi connectivity index (χ3v) is 3.83. The molecule has 0 radical (unpaired) electrons. The molecular weight excluding hydrogens is 228 g/mol. The van der Waals surface area contributed by atoms with Crippen molar-refractivity contribution in [3.8, 4) is 0 Å². The van der Waals surface area contributed by atoms with Crippen molar-refractivity contribution in [2.45, 2.75) is 13.0 Å². The highest BCUT2D eigenvalue weighted by molar-refractivity contribution is 7.09. The summed E-state index contributed by atoms with van der Waals surface area (Å²) in [5.41, 5.74) is 8.21. The van der Waals surface area contributed by atoms with Crippen molar-refractivity contribution in [1.82, 2.24) is 0 Å². The summed E-state index contributed by atoms with van der Waals surface area (Å²) in [6, 6.07) is 12.6. The van der Waals surface area contributed by atoms with Crippen LogP contribution >= 0.6 is 11.3 Å². The summed E-state index contributed by atoms with van der Waals surface area (Å²) in [5.74, 6) is 0. The summed E-state index contributed by atoms with van der Waals surface area (Å²) in [4.78, 5) is 3.71. The second kappa shape index (κ2) is 5.84. The Morgan fingerprint density at radius 1 is 1.18 bits per heavy atom. The first-order valence-electron chi connectivity index (χ1n) is 5.82. The normalized spacial score (nSPS) is 10.5. The van der Waals surface area contributed by atoms with E-state index in [0.29, 0.717) is 6.54 Å². The number of likely N-dealkylation sites (N-methyl/N-ethyl adjacent to an activating group) is 1. The summed E-state index contributed by atoms with van der Waals surface area (Å²) < 4.78 is 0. The maximum absolute atomic E-state index is 5.75. The van der Waals surface area contributed by atoms with Crippen molar-refractivity contribution in [1.29, 1.82) is 0 Å². The number of hydrogen-bond acceptors (Lipinski definition) is 3. The fourth-order valence-electron chi connectivity index (χ4n) is 1.91. The van der Waals surface area contributed by atoms with Crippen LogP contribution in [0.2, 0.25) is 0 Å². The maximum atomic E-state index is 5.75. The average molecular weight is 246 g/mol. The minimum Gasteiger partial charge on any atom is -0.374 e. The quantitative estimate of drug-likeness (QED) is 0.879. The number of nitrogens with two attached hydrogens (primary N) is 1. The maximum Gasteiger partial charge on any atom is 0.0409 e. The second-order valence-electron chi connectivity index (χ2n) is 4.08. The van der Waals surface area contributed by atoms with Gasteiger partial charge in [-0.1, -0.05) is 24.3 Å². The van der Waals surface area contributed by atoms with Gasteiger partial charge in [0, 0.05) is 30.7 Å². The van der Waals surface area contributed by atoms with E-state index in [1.165, 1.54) is 16.1 Å². The lowest BCUT2D eigenvalue weighted by Gasteiger charge is -2.21. The molecule has 0 aliphatic rings. The molecule has 90 valence electrons. The van der Waals surface area contributed by atoms with Crippen molar-refractivity contribution < 1.29 is 0 Å². The molecule has 17 heavy (non-hydrogen) atoms. The van der Waals surface area contributed by atoms with Gasteiger partial charge in [0.2, 0.25) is 0 Å². The van der Waals surface area contributed by atoms with Crippen LogP contribution in [-0.2, 0) is 13.0 Å². The number of nitrogens with zero attached hydrogens (tertiary/aromatic N) is 1. The lowest BCUT2D eigenvalue weighted by Crippen LogP contribution is -2.21. The van der Waals surface area contributed by atoms with Crippen LogP contribution in [0.15, 0.2) is 41.8 Å². The van der Waals surface area contributed by atoms with Gasteiger partial charge in [0.05, 0.1) is 0 Å². The van der Waals surface area contributed by atoms with Gasteiger partial charge >= 0.3 is 0 Å². The molecule has 0 saturated carbocycles. The first-order chi connectivity index (χ1) is 8.31. The molecular formula is C14H18N2S. The standard InChI is InChI=1S/C14H18N2S/c1-16(9-8-13-6-4-10-17-13)14-7-3-2-5-12(14)11-15/h2-7,10H,8-9,11,15H2,1H3. The molecule has 0 fully saturated rings. The van der Waals surface area contributed by atoms with Crippen molar-refractivity contribution in [2.75, 3.05) is 18.5 Å². The Hall–Kier alpha value is -1.32. The molecule has 0 spiro atoms. The SMILES string of the molecule is CN(CCc1cccs1)c1ccccc1CN. The van der Waals surface area contributed by atoms with Crippen LogP contribution in [0, 0.1) is 0 Å². The Bertz CT molecular complexity index is 451. The third kappa shape index (κ3) is 3.08. The zero-order chi connectivity index (χ0) is 12.1. The molecule has 2 N–H and O–H groups in total. The van der Waals surface area contributed by atoms with Gasteiger partial charge in [-0.15, -0.1) is 11.3 Å². The fraction of sp³-hybridized carbons (Fsp3) is 0.286. The van der Waals surface area contributed by atoms with Crippen LogP contribution in [0.4, 0.5) is 5.69 Å². The third-order valence-electron chi connectivity index (χ3n) is 2.90. The van der Waals surface area contributed by atoms with Crippen molar-refractivity contribution in [3.63, 3.8) is 0 Å².